The summed E-state index contributed by atoms with van der Waals surface area (Å²) in [5.41, 5.74) is 6.07. The van der Waals surface area contributed by atoms with E-state index in [9.17, 15) is 0 Å². The summed E-state index contributed by atoms with van der Waals surface area (Å²) in [7, 11) is 0. The third kappa shape index (κ3) is 2.97. The highest BCUT2D eigenvalue weighted by Crippen LogP contribution is 2.49. The topological polar surface area (TPSA) is 13.1 Å². The van der Waals surface area contributed by atoms with Crippen LogP contribution in [-0.2, 0) is 0 Å². The van der Waals surface area contributed by atoms with Crippen molar-refractivity contribution in [2.45, 2.75) is 0 Å². The Balaban J connectivity index is 1.50. The fraction of sp³-hybridized carbons (Fsp3) is 0. The van der Waals surface area contributed by atoms with E-state index in [1.807, 2.05) is 11.3 Å². The molecular formula is C38H22OS. The van der Waals surface area contributed by atoms with Gasteiger partial charge in [0.05, 0.1) is 6.26 Å². The molecule has 7 aromatic carbocycles. The maximum atomic E-state index is 6.09. The molecule has 1 nitrogen and oxygen atoms in total. The highest BCUT2D eigenvalue weighted by atomic mass is 32.1. The van der Waals surface area contributed by atoms with Crippen molar-refractivity contribution in [3.63, 3.8) is 0 Å². The molecule has 0 radical (unpaired) electrons. The first-order valence-electron chi connectivity index (χ1n) is 13.6. The molecule has 0 aliphatic rings. The number of fused-ring (bicyclic) bond motifs is 8. The van der Waals surface area contributed by atoms with Gasteiger partial charge in [0.2, 0.25) is 0 Å². The minimum atomic E-state index is 0.970. The van der Waals surface area contributed by atoms with Crippen molar-refractivity contribution in [1.29, 1.82) is 0 Å². The van der Waals surface area contributed by atoms with Crippen molar-refractivity contribution < 1.29 is 4.42 Å². The lowest BCUT2D eigenvalue weighted by molar-refractivity contribution is 0.619. The summed E-state index contributed by atoms with van der Waals surface area (Å²) < 4.78 is 8.62. The molecule has 40 heavy (non-hydrogen) atoms. The number of thiophene rings is 1. The normalized spacial score (nSPS) is 12.0. The highest BCUT2D eigenvalue weighted by molar-refractivity contribution is 7.26. The lowest BCUT2D eigenvalue weighted by Crippen LogP contribution is -1.92. The molecule has 0 amide bonds. The first-order valence-corrected chi connectivity index (χ1v) is 14.4. The molecule has 0 N–H and O–H groups in total. The van der Waals surface area contributed by atoms with E-state index >= 15 is 0 Å². The monoisotopic (exact) mass is 526 g/mol. The second-order valence-corrected chi connectivity index (χ2v) is 11.5. The van der Waals surface area contributed by atoms with Crippen molar-refractivity contribution in [3.05, 3.63) is 134 Å². The minimum Gasteiger partial charge on any atom is -0.464 e. The van der Waals surface area contributed by atoms with E-state index in [1.165, 1.54) is 74.7 Å². The van der Waals surface area contributed by atoms with E-state index in [0.717, 1.165) is 11.0 Å². The highest BCUT2D eigenvalue weighted by Gasteiger charge is 2.21. The fourth-order valence-corrected chi connectivity index (χ4v) is 7.82. The van der Waals surface area contributed by atoms with Crippen molar-refractivity contribution >= 4 is 74.8 Å². The van der Waals surface area contributed by atoms with Gasteiger partial charge in [0.15, 0.2) is 0 Å². The molecule has 0 bridgehead atoms. The molecule has 0 atom stereocenters. The first-order chi connectivity index (χ1) is 19.9. The quantitative estimate of drug-likeness (QED) is 0.204. The predicted molar refractivity (Wildman–Crippen MR) is 172 cm³/mol. The van der Waals surface area contributed by atoms with Crippen molar-refractivity contribution in [3.8, 4) is 22.3 Å². The molecule has 9 aromatic rings. The molecule has 0 aliphatic heterocycles. The molecule has 0 aliphatic carbocycles. The van der Waals surface area contributed by atoms with Crippen LogP contribution in [0.4, 0.5) is 0 Å². The average molecular weight is 527 g/mol. The summed E-state index contributed by atoms with van der Waals surface area (Å²) in [5, 5.41) is 11.2. The van der Waals surface area contributed by atoms with E-state index in [2.05, 4.69) is 127 Å². The molecule has 2 heteroatoms. The zero-order valence-corrected chi connectivity index (χ0v) is 22.3. The van der Waals surface area contributed by atoms with Crippen LogP contribution in [0.2, 0.25) is 0 Å². The average Bonchev–Trinajstić information content (AvgIpc) is 3.64. The Hall–Kier alpha value is -4.92. The molecule has 9 rings (SSSR count). The van der Waals surface area contributed by atoms with E-state index in [-0.39, 0.29) is 0 Å². The van der Waals surface area contributed by atoms with Gasteiger partial charge in [0, 0.05) is 25.6 Å². The van der Waals surface area contributed by atoms with Crippen molar-refractivity contribution in [2.24, 2.45) is 0 Å². The van der Waals surface area contributed by atoms with Gasteiger partial charge in [-0.25, -0.2) is 0 Å². The molecule has 2 heterocycles. The Labute approximate surface area is 234 Å². The summed E-state index contributed by atoms with van der Waals surface area (Å²) >= 11 is 1.84. The van der Waals surface area contributed by atoms with Gasteiger partial charge in [-0.2, -0.15) is 0 Å². The van der Waals surface area contributed by atoms with E-state index < -0.39 is 0 Å². The third-order valence-corrected chi connectivity index (χ3v) is 9.46. The second-order valence-electron chi connectivity index (χ2n) is 10.4. The molecule has 0 unspecified atom stereocenters. The molecular weight excluding hydrogens is 504 g/mol. The van der Waals surface area contributed by atoms with Crippen LogP contribution in [-0.4, -0.2) is 0 Å². The number of hydrogen-bond acceptors (Lipinski definition) is 2. The fourth-order valence-electron chi connectivity index (χ4n) is 6.69. The number of rotatable bonds is 2. The van der Waals surface area contributed by atoms with Crippen LogP contribution in [0.1, 0.15) is 0 Å². The Morgan fingerprint density at radius 2 is 0.975 bits per heavy atom. The predicted octanol–water partition coefficient (Wildman–Crippen LogP) is 11.6. The van der Waals surface area contributed by atoms with Gasteiger partial charge in [-0.15, -0.1) is 11.3 Å². The molecule has 0 fully saturated rings. The van der Waals surface area contributed by atoms with Gasteiger partial charge in [-0.05, 0) is 78.8 Å². The smallest absolute Gasteiger partial charge is 0.143 e. The summed E-state index contributed by atoms with van der Waals surface area (Å²) in [5.74, 6) is 0. The lowest BCUT2D eigenvalue weighted by atomic mass is 9.84. The minimum absolute atomic E-state index is 0.970. The number of furan rings is 1. The van der Waals surface area contributed by atoms with E-state index in [4.69, 9.17) is 4.42 Å². The first kappa shape index (κ1) is 22.0. The largest absolute Gasteiger partial charge is 0.464 e. The van der Waals surface area contributed by atoms with Crippen LogP contribution < -0.4 is 0 Å². The van der Waals surface area contributed by atoms with E-state index in [0.29, 0.717) is 0 Å². The lowest BCUT2D eigenvalue weighted by Gasteiger charge is -2.19. The Kier molecular flexibility index (Phi) is 4.55. The van der Waals surface area contributed by atoms with Crippen molar-refractivity contribution in [1.82, 2.24) is 0 Å². The van der Waals surface area contributed by atoms with Gasteiger partial charge in [-0.3, -0.25) is 0 Å². The Bertz CT molecular complexity index is 2380. The van der Waals surface area contributed by atoms with Crippen LogP contribution in [0.25, 0.3) is 85.7 Å². The van der Waals surface area contributed by atoms with Gasteiger partial charge in [0.1, 0.15) is 5.58 Å². The molecule has 0 saturated heterocycles. The number of benzene rings is 7. The maximum Gasteiger partial charge on any atom is 0.143 e. The Morgan fingerprint density at radius 3 is 1.73 bits per heavy atom. The van der Waals surface area contributed by atoms with Crippen molar-refractivity contribution in [2.75, 3.05) is 0 Å². The maximum absolute atomic E-state index is 6.09. The van der Waals surface area contributed by atoms with Crippen LogP contribution in [0.5, 0.6) is 0 Å². The van der Waals surface area contributed by atoms with Gasteiger partial charge < -0.3 is 4.42 Å². The van der Waals surface area contributed by atoms with E-state index in [1.54, 1.807) is 6.26 Å². The number of hydrogen-bond donors (Lipinski definition) is 0. The second kappa shape index (κ2) is 8.29. The molecule has 0 spiro atoms. The van der Waals surface area contributed by atoms with Crippen LogP contribution in [0.15, 0.2) is 138 Å². The molecule has 186 valence electrons. The zero-order valence-electron chi connectivity index (χ0n) is 21.5. The zero-order chi connectivity index (χ0) is 26.2. The Morgan fingerprint density at radius 1 is 0.400 bits per heavy atom. The van der Waals surface area contributed by atoms with Crippen LogP contribution in [0.3, 0.4) is 0 Å². The standard InChI is InChI=1S/C38H22OS/c1-2-11-25-23(9-1)10-7-16-26(25)34-27-12-3-5-14-29(27)35(30-15-6-4-13-28(30)34)31-17-8-18-32-36(31)37-33(40-32)20-19-24-21-22-39-38(24)37/h1-22H. The molecule has 0 saturated carbocycles. The van der Waals surface area contributed by atoms with Gasteiger partial charge in [0.25, 0.3) is 0 Å². The SMILES string of the molecule is c1ccc2c(-c3c4ccccc4c(-c4cccc5sc6ccc7ccoc7c6c45)c4ccccc34)cccc2c1. The third-order valence-electron chi connectivity index (χ3n) is 8.34. The van der Waals surface area contributed by atoms with Gasteiger partial charge >= 0.3 is 0 Å². The van der Waals surface area contributed by atoms with Crippen LogP contribution >= 0.6 is 11.3 Å². The van der Waals surface area contributed by atoms with Gasteiger partial charge in [-0.1, -0.05) is 103 Å². The summed E-state index contributed by atoms with van der Waals surface area (Å²) in [6, 6.07) is 46.4. The summed E-state index contributed by atoms with van der Waals surface area (Å²) in [6.45, 7) is 0. The summed E-state index contributed by atoms with van der Waals surface area (Å²) in [6.07, 6.45) is 1.81. The summed E-state index contributed by atoms with van der Waals surface area (Å²) in [4.78, 5) is 0. The van der Waals surface area contributed by atoms with Crippen LogP contribution in [0, 0.1) is 0 Å². The molecule has 2 aromatic heterocycles.